The van der Waals surface area contributed by atoms with E-state index in [1.165, 1.54) is 49.1 Å². The van der Waals surface area contributed by atoms with Crippen LogP contribution in [0, 0.1) is 11.8 Å². The maximum absolute atomic E-state index is 13.2. The first-order chi connectivity index (χ1) is 17.7. The molecule has 0 bridgehead atoms. The predicted octanol–water partition coefficient (Wildman–Crippen LogP) is 4.82. The Morgan fingerprint density at radius 2 is 1.92 bits per heavy atom. The summed E-state index contributed by atoms with van der Waals surface area (Å²) in [6, 6.07) is 9.01. The van der Waals surface area contributed by atoms with Crippen molar-refractivity contribution >= 4 is 15.7 Å². The van der Waals surface area contributed by atoms with Crippen LogP contribution in [0.1, 0.15) is 98.6 Å². The minimum absolute atomic E-state index is 0.000656. The molecule has 1 aliphatic heterocycles. The summed E-state index contributed by atoms with van der Waals surface area (Å²) < 4.78 is 24.2. The molecule has 8 heteroatoms. The smallest absolute Gasteiger partial charge is 0.251 e. The maximum Gasteiger partial charge on any atom is 0.251 e. The van der Waals surface area contributed by atoms with Crippen LogP contribution in [0.15, 0.2) is 41.4 Å². The molecule has 0 unspecified atom stereocenters. The number of nitrogens with one attached hydrogen (secondary N) is 1. The van der Waals surface area contributed by atoms with Gasteiger partial charge in [0.15, 0.2) is 9.84 Å². The number of benzene rings is 1. The molecule has 7 nitrogen and oxygen atoms in total. The third-order valence-electron chi connectivity index (χ3n) is 8.17. The maximum atomic E-state index is 13.2. The van der Waals surface area contributed by atoms with Crippen LogP contribution in [-0.2, 0) is 16.4 Å². The minimum Gasteiger partial charge on any atom is -0.396 e. The molecule has 1 amide bonds. The van der Waals surface area contributed by atoms with Crippen LogP contribution in [0.25, 0.3) is 0 Å². The Kier molecular flexibility index (Phi) is 9.03. The van der Waals surface area contributed by atoms with Gasteiger partial charge in [-0.15, -0.1) is 0 Å². The standard InChI is InChI=1S/C29H41N3O4S/c1-4-28-25-12-10-22(16-23(25)19-32(28)18-21-8-6-20(3)7-9-21)29(34)31-27(14-15-33)26-13-11-24(17-30-26)37(35,36)5-2/h10-13,16-17,20-21,27-28,33H,4-9,14-15,18-19H2,1-3H3,(H,31,34)/t20-,21-,27-,28-/m0/s1. The minimum atomic E-state index is -3.35. The topological polar surface area (TPSA) is 99.6 Å². The van der Waals surface area contributed by atoms with Crippen LogP contribution in [0.4, 0.5) is 0 Å². The molecule has 1 aromatic heterocycles. The number of carbonyl (C=O) groups excluding carboxylic acids is 1. The van der Waals surface area contributed by atoms with Gasteiger partial charge in [0.05, 0.1) is 22.4 Å². The number of fused-ring (bicyclic) bond motifs is 1. The van der Waals surface area contributed by atoms with Crippen LogP contribution in [0.5, 0.6) is 0 Å². The molecule has 2 atom stereocenters. The molecular formula is C29H41N3O4S. The van der Waals surface area contributed by atoms with Crippen molar-refractivity contribution in [1.82, 2.24) is 15.2 Å². The average molecular weight is 528 g/mol. The zero-order valence-electron chi connectivity index (χ0n) is 22.3. The molecule has 1 aromatic carbocycles. The van der Waals surface area contributed by atoms with E-state index in [1.54, 1.807) is 13.0 Å². The van der Waals surface area contributed by atoms with Gasteiger partial charge in [0.1, 0.15) is 0 Å². The van der Waals surface area contributed by atoms with Gasteiger partial charge in [-0.1, -0.05) is 39.7 Å². The molecule has 2 aromatic rings. The lowest BCUT2D eigenvalue weighted by molar-refractivity contribution is 0.0928. The predicted molar refractivity (Wildman–Crippen MR) is 145 cm³/mol. The van der Waals surface area contributed by atoms with Gasteiger partial charge >= 0.3 is 0 Å². The second-order valence-electron chi connectivity index (χ2n) is 10.8. The molecule has 1 aliphatic carbocycles. The highest BCUT2D eigenvalue weighted by Crippen LogP contribution is 2.39. The third-order valence-corrected chi connectivity index (χ3v) is 9.89. The fourth-order valence-corrected chi connectivity index (χ4v) is 6.68. The Morgan fingerprint density at radius 3 is 2.54 bits per heavy atom. The Labute approximate surface area is 221 Å². The summed E-state index contributed by atoms with van der Waals surface area (Å²) in [6.45, 7) is 8.05. The number of hydrogen-bond acceptors (Lipinski definition) is 6. The number of aromatic nitrogens is 1. The van der Waals surface area contributed by atoms with Crippen LogP contribution >= 0.6 is 0 Å². The number of aliphatic hydroxyl groups excluding tert-OH is 1. The van der Waals surface area contributed by atoms with Crippen molar-refractivity contribution in [2.24, 2.45) is 11.8 Å². The van der Waals surface area contributed by atoms with Gasteiger partial charge in [-0.2, -0.15) is 0 Å². The van der Waals surface area contributed by atoms with Crippen LogP contribution < -0.4 is 5.32 Å². The van der Waals surface area contributed by atoms with Gasteiger partial charge < -0.3 is 10.4 Å². The van der Waals surface area contributed by atoms with E-state index in [0.29, 0.717) is 17.3 Å². The molecule has 0 saturated heterocycles. The molecule has 202 valence electrons. The lowest BCUT2D eigenvalue weighted by Crippen LogP contribution is -2.30. The van der Waals surface area contributed by atoms with Crippen molar-refractivity contribution in [1.29, 1.82) is 0 Å². The number of carbonyl (C=O) groups is 1. The van der Waals surface area contributed by atoms with Crippen molar-refractivity contribution < 1.29 is 18.3 Å². The number of sulfone groups is 1. The highest BCUT2D eigenvalue weighted by Gasteiger charge is 2.32. The Morgan fingerprint density at radius 1 is 1.16 bits per heavy atom. The van der Waals surface area contributed by atoms with E-state index < -0.39 is 15.9 Å². The van der Waals surface area contributed by atoms with E-state index in [9.17, 15) is 18.3 Å². The molecule has 2 heterocycles. The van der Waals surface area contributed by atoms with E-state index in [4.69, 9.17) is 0 Å². The van der Waals surface area contributed by atoms with Crippen molar-refractivity contribution in [3.8, 4) is 0 Å². The van der Waals surface area contributed by atoms with Crippen molar-refractivity contribution in [3.63, 3.8) is 0 Å². The number of nitrogens with zero attached hydrogens (tertiary/aromatic N) is 2. The van der Waals surface area contributed by atoms with Gasteiger partial charge in [-0.25, -0.2) is 8.42 Å². The highest BCUT2D eigenvalue weighted by molar-refractivity contribution is 7.91. The zero-order valence-corrected chi connectivity index (χ0v) is 23.1. The second-order valence-corrected chi connectivity index (χ2v) is 13.0. The van der Waals surface area contributed by atoms with Gasteiger partial charge in [-0.05, 0) is 72.9 Å². The van der Waals surface area contributed by atoms with Gasteiger partial charge in [0, 0.05) is 37.5 Å². The SMILES string of the molecule is CC[C@H]1c2ccc(C(=O)N[C@@H](CCO)c3ccc(S(=O)(=O)CC)cn3)cc2CN1C[C@H]1CC[C@H](C)CC1. The summed E-state index contributed by atoms with van der Waals surface area (Å²) in [5.41, 5.74) is 3.66. The fraction of sp³-hybridized carbons (Fsp3) is 0.586. The van der Waals surface area contributed by atoms with Crippen LogP contribution in [0.2, 0.25) is 0 Å². The summed E-state index contributed by atoms with van der Waals surface area (Å²) in [5, 5.41) is 12.6. The first-order valence-electron chi connectivity index (χ1n) is 13.7. The summed E-state index contributed by atoms with van der Waals surface area (Å²) >= 11 is 0. The summed E-state index contributed by atoms with van der Waals surface area (Å²) in [5.74, 6) is 1.38. The monoisotopic (exact) mass is 527 g/mol. The van der Waals surface area contributed by atoms with Gasteiger partial charge in [-0.3, -0.25) is 14.7 Å². The molecule has 2 N–H and O–H groups in total. The fourth-order valence-electron chi connectivity index (χ4n) is 5.86. The first kappa shape index (κ1) is 27.7. The largest absolute Gasteiger partial charge is 0.396 e. The molecule has 4 rings (SSSR count). The quantitative estimate of drug-likeness (QED) is 0.460. The lowest BCUT2D eigenvalue weighted by atomic mass is 9.82. The van der Waals surface area contributed by atoms with Gasteiger partial charge in [0.25, 0.3) is 5.91 Å². The molecule has 37 heavy (non-hydrogen) atoms. The Hall–Kier alpha value is -2.29. The molecule has 2 aliphatic rings. The second kappa shape index (κ2) is 12.0. The first-order valence-corrected chi connectivity index (χ1v) is 15.4. The Bertz CT molecular complexity index is 1170. The zero-order chi connectivity index (χ0) is 26.6. The van der Waals surface area contributed by atoms with Crippen LogP contribution in [-0.4, -0.2) is 48.2 Å². The van der Waals surface area contributed by atoms with Gasteiger partial charge in [0.2, 0.25) is 0 Å². The van der Waals surface area contributed by atoms with E-state index in [-0.39, 0.29) is 29.6 Å². The summed E-state index contributed by atoms with van der Waals surface area (Å²) in [6.07, 6.45) is 7.94. The molecule has 1 saturated carbocycles. The molecule has 1 fully saturated rings. The number of aliphatic hydroxyl groups is 1. The number of rotatable bonds is 10. The van der Waals surface area contributed by atoms with E-state index in [0.717, 1.165) is 31.3 Å². The van der Waals surface area contributed by atoms with Crippen molar-refractivity contribution in [3.05, 3.63) is 58.9 Å². The summed E-state index contributed by atoms with van der Waals surface area (Å²) in [7, 11) is -3.35. The molecular weight excluding hydrogens is 486 g/mol. The highest BCUT2D eigenvalue weighted by atomic mass is 32.2. The normalized spacial score (nSPS) is 23.0. The molecule has 0 radical (unpaired) electrons. The number of hydrogen-bond donors (Lipinski definition) is 2. The molecule has 0 spiro atoms. The van der Waals surface area contributed by atoms with E-state index in [1.807, 2.05) is 12.1 Å². The number of amides is 1. The lowest BCUT2D eigenvalue weighted by Gasteiger charge is -2.32. The van der Waals surface area contributed by atoms with Crippen LogP contribution in [0.3, 0.4) is 0 Å². The Balaban J connectivity index is 1.46. The van der Waals surface area contributed by atoms with E-state index >= 15 is 0 Å². The summed E-state index contributed by atoms with van der Waals surface area (Å²) in [4.78, 5) is 20.3. The average Bonchev–Trinajstić information content (AvgIpc) is 3.25. The van der Waals surface area contributed by atoms with Crippen molar-refractivity contribution in [2.45, 2.75) is 82.8 Å². The van der Waals surface area contributed by atoms with Crippen molar-refractivity contribution in [2.75, 3.05) is 18.9 Å². The third kappa shape index (κ3) is 6.41. The van der Waals surface area contributed by atoms with E-state index in [2.05, 4.69) is 35.1 Å². The number of pyridine rings is 1.